The highest BCUT2D eigenvalue weighted by Crippen LogP contribution is 2.28. The molecule has 1 saturated heterocycles. The maximum Gasteiger partial charge on any atom is 0.348 e. The third kappa shape index (κ3) is 6.54. The van der Waals surface area contributed by atoms with Crippen LogP contribution in [0.5, 0.6) is 0 Å². The Bertz CT molecular complexity index is 884. The molecule has 0 radical (unpaired) electrons. The van der Waals surface area contributed by atoms with E-state index in [4.69, 9.17) is 4.74 Å². The fraction of sp³-hybridized carbons (Fsp3) is 0.462. The Kier molecular flexibility index (Phi) is 8.89. The summed E-state index contributed by atoms with van der Waals surface area (Å²) in [6, 6.07) is 12.4. The molecule has 4 nitrogen and oxygen atoms in total. The minimum Gasteiger partial charge on any atom is -0.462 e. The van der Waals surface area contributed by atoms with E-state index in [-0.39, 0.29) is 17.9 Å². The average molecular weight is 440 g/mol. The van der Waals surface area contributed by atoms with Gasteiger partial charge in [0.25, 0.3) is 0 Å². The lowest BCUT2D eigenvalue weighted by Crippen LogP contribution is -2.31. The second kappa shape index (κ2) is 11.8. The van der Waals surface area contributed by atoms with Gasteiger partial charge in [0.05, 0.1) is 12.6 Å². The first-order valence-electron chi connectivity index (χ1n) is 11.5. The van der Waals surface area contributed by atoms with Crippen LogP contribution in [0.2, 0.25) is 0 Å². The molecule has 0 N–H and O–H groups in total. The monoisotopic (exact) mass is 439 g/mol. The van der Waals surface area contributed by atoms with Crippen LogP contribution < -0.4 is 4.90 Å². The number of amides is 1. The summed E-state index contributed by atoms with van der Waals surface area (Å²) in [5.74, 6) is -0.0739. The molecule has 166 valence electrons. The van der Waals surface area contributed by atoms with Gasteiger partial charge in [0, 0.05) is 17.0 Å². The van der Waals surface area contributed by atoms with Crippen molar-refractivity contribution in [1.82, 2.24) is 0 Å². The highest BCUT2D eigenvalue weighted by atomic mass is 32.1. The zero-order valence-electron chi connectivity index (χ0n) is 18.6. The van der Waals surface area contributed by atoms with E-state index in [2.05, 4.69) is 43.3 Å². The van der Waals surface area contributed by atoms with Crippen molar-refractivity contribution in [3.63, 3.8) is 0 Å². The van der Waals surface area contributed by atoms with E-state index in [0.717, 1.165) is 29.8 Å². The van der Waals surface area contributed by atoms with Crippen LogP contribution in [0.4, 0.5) is 5.69 Å². The topological polar surface area (TPSA) is 46.6 Å². The van der Waals surface area contributed by atoms with E-state index in [0.29, 0.717) is 17.9 Å². The number of carbonyl (C=O) groups excluding carboxylic acids is 2. The van der Waals surface area contributed by atoms with E-state index < -0.39 is 0 Å². The molecule has 1 aliphatic heterocycles. The van der Waals surface area contributed by atoms with Crippen LogP contribution in [-0.4, -0.2) is 24.5 Å². The molecule has 0 unspecified atom stereocenters. The number of rotatable bonds is 11. The van der Waals surface area contributed by atoms with Crippen molar-refractivity contribution in [2.45, 2.75) is 71.3 Å². The van der Waals surface area contributed by atoms with Gasteiger partial charge >= 0.3 is 5.97 Å². The summed E-state index contributed by atoms with van der Waals surface area (Å²) in [4.78, 5) is 28.0. The number of benzene rings is 1. The van der Waals surface area contributed by atoms with Crippen molar-refractivity contribution in [2.75, 3.05) is 11.5 Å². The number of ether oxygens (including phenoxy) is 1. The predicted octanol–water partition coefficient (Wildman–Crippen LogP) is 6.34. The van der Waals surface area contributed by atoms with Gasteiger partial charge in [-0.15, -0.1) is 11.3 Å². The molecule has 0 aliphatic carbocycles. The summed E-state index contributed by atoms with van der Waals surface area (Å²) in [6.07, 6.45) is 12.6. The van der Waals surface area contributed by atoms with Crippen molar-refractivity contribution in [1.29, 1.82) is 0 Å². The van der Waals surface area contributed by atoms with Crippen LogP contribution >= 0.6 is 11.3 Å². The Balaban J connectivity index is 1.58. The molecule has 1 amide bonds. The summed E-state index contributed by atoms with van der Waals surface area (Å²) >= 11 is 1.47. The molecule has 2 heterocycles. The largest absolute Gasteiger partial charge is 0.462 e. The Labute approximate surface area is 189 Å². The molecule has 3 rings (SSSR count). The van der Waals surface area contributed by atoms with Crippen LogP contribution in [0.1, 0.15) is 72.5 Å². The fourth-order valence-corrected chi connectivity index (χ4v) is 4.82. The Morgan fingerprint density at radius 1 is 1.13 bits per heavy atom. The third-order valence-corrected chi connectivity index (χ3v) is 6.69. The van der Waals surface area contributed by atoms with E-state index in [9.17, 15) is 9.59 Å². The number of nitrogens with zero attached hydrogens (tertiary/aromatic N) is 1. The molecule has 0 bridgehead atoms. The molecule has 2 aromatic rings. The zero-order valence-corrected chi connectivity index (χ0v) is 19.5. The van der Waals surface area contributed by atoms with Crippen LogP contribution in [-0.2, 0) is 22.4 Å². The third-order valence-electron chi connectivity index (χ3n) is 5.60. The first-order valence-corrected chi connectivity index (χ1v) is 12.3. The number of hydrogen-bond donors (Lipinski definition) is 0. The molecule has 5 heteroatoms. The number of thiophene rings is 1. The van der Waals surface area contributed by atoms with Gasteiger partial charge in [-0.1, -0.05) is 50.5 Å². The van der Waals surface area contributed by atoms with Gasteiger partial charge in [-0.3, -0.25) is 4.79 Å². The van der Waals surface area contributed by atoms with Crippen molar-refractivity contribution in [2.24, 2.45) is 0 Å². The molecular weight excluding hydrogens is 406 g/mol. The lowest BCUT2D eigenvalue weighted by molar-refractivity contribution is -0.117. The Morgan fingerprint density at radius 2 is 1.94 bits per heavy atom. The number of anilines is 1. The summed E-state index contributed by atoms with van der Waals surface area (Å²) in [5.41, 5.74) is 2.32. The molecule has 0 spiro atoms. The molecule has 1 atom stereocenters. The van der Waals surface area contributed by atoms with Gasteiger partial charge in [0.15, 0.2) is 0 Å². The normalized spacial score (nSPS) is 16.4. The first kappa shape index (κ1) is 23.3. The number of aryl methyl sites for hydroxylation is 1. The van der Waals surface area contributed by atoms with Crippen LogP contribution in [0.3, 0.4) is 0 Å². The van der Waals surface area contributed by atoms with Gasteiger partial charge in [-0.05, 0) is 62.4 Å². The van der Waals surface area contributed by atoms with Crippen molar-refractivity contribution < 1.29 is 14.3 Å². The summed E-state index contributed by atoms with van der Waals surface area (Å²) in [6.45, 7) is 4.43. The second-order valence-electron chi connectivity index (χ2n) is 7.97. The zero-order chi connectivity index (χ0) is 22.1. The van der Waals surface area contributed by atoms with Gasteiger partial charge < -0.3 is 9.64 Å². The summed E-state index contributed by atoms with van der Waals surface area (Å²) in [7, 11) is 0. The highest BCUT2D eigenvalue weighted by molar-refractivity contribution is 7.13. The number of unbranched alkanes of at least 4 members (excludes halogenated alkanes) is 3. The number of esters is 1. The highest BCUT2D eigenvalue weighted by Gasteiger charge is 2.30. The second-order valence-corrected chi connectivity index (χ2v) is 9.13. The Morgan fingerprint density at radius 3 is 2.68 bits per heavy atom. The van der Waals surface area contributed by atoms with E-state index in [1.54, 1.807) is 0 Å². The van der Waals surface area contributed by atoms with Crippen LogP contribution in [0.15, 0.2) is 48.6 Å². The van der Waals surface area contributed by atoms with Gasteiger partial charge in [-0.2, -0.15) is 0 Å². The van der Waals surface area contributed by atoms with Crippen molar-refractivity contribution in [3.8, 4) is 0 Å². The quantitative estimate of drug-likeness (QED) is 0.233. The number of allylic oxidation sites excluding steroid dienone is 1. The van der Waals surface area contributed by atoms with Gasteiger partial charge in [0.2, 0.25) is 5.91 Å². The maximum absolute atomic E-state index is 12.5. The first-order chi connectivity index (χ1) is 15.1. The van der Waals surface area contributed by atoms with E-state index >= 15 is 0 Å². The summed E-state index contributed by atoms with van der Waals surface area (Å²) in [5, 5.41) is 0. The molecular formula is C26H33NO3S. The smallest absolute Gasteiger partial charge is 0.348 e. The molecule has 1 aliphatic rings. The molecule has 31 heavy (non-hydrogen) atoms. The van der Waals surface area contributed by atoms with Crippen LogP contribution in [0, 0.1) is 0 Å². The van der Waals surface area contributed by atoms with Crippen LogP contribution in [0.25, 0.3) is 0 Å². The fourth-order valence-electron chi connectivity index (χ4n) is 3.94. The Hall–Kier alpha value is -2.40. The molecule has 1 fully saturated rings. The van der Waals surface area contributed by atoms with Crippen molar-refractivity contribution >= 4 is 28.9 Å². The number of carbonyl (C=O) groups is 2. The average Bonchev–Trinajstić information content (AvgIpc) is 3.39. The molecule has 1 aromatic carbocycles. The minimum absolute atomic E-state index is 0.0902. The SMILES string of the molecule is CCCCCCc1ccc(N2C(=O)CC[C@@H]2C=CCc2ccc(C(=O)OCC)s2)cc1. The predicted molar refractivity (Wildman–Crippen MR) is 128 cm³/mol. The van der Waals surface area contributed by atoms with E-state index in [1.165, 1.54) is 42.6 Å². The van der Waals surface area contributed by atoms with Crippen molar-refractivity contribution in [3.05, 3.63) is 63.9 Å². The lowest BCUT2D eigenvalue weighted by Gasteiger charge is -2.23. The molecule has 0 saturated carbocycles. The van der Waals surface area contributed by atoms with Gasteiger partial charge in [-0.25, -0.2) is 4.79 Å². The standard InChI is InChI=1S/C26H33NO3S/c1-3-5-6-7-9-20-12-14-22(15-13-20)27-21(16-19-25(27)28)10-8-11-23-17-18-24(31-23)26(29)30-4-2/h8,10,12-15,17-18,21H,3-7,9,11,16,19H2,1-2H3/t21-/m0/s1. The lowest BCUT2D eigenvalue weighted by atomic mass is 10.1. The minimum atomic E-state index is -0.260. The van der Waals surface area contributed by atoms with Gasteiger partial charge in [0.1, 0.15) is 4.88 Å². The number of hydrogen-bond acceptors (Lipinski definition) is 4. The van der Waals surface area contributed by atoms with E-state index in [1.807, 2.05) is 24.0 Å². The maximum atomic E-state index is 12.5. The summed E-state index contributed by atoms with van der Waals surface area (Å²) < 4.78 is 5.05. The molecule has 1 aromatic heterocycles.